The van der Waals surface area contributed by atoms with Crippen molar-refractivity contribution in [2.45, 2.75) is 0 Å². The quantitative estimate of drug-likeness (QED) is 0.187. The van der Waals surface area contributed by atoms with Crippen molar-refractivity contribution in [2.75, 3.05) is 0 Å². The van der Waals surface area contributed by atoms with Crippen LogP contribution in [0.2, 0.25) is 0 Å². The van der Waals surface area contributed by atoms with Gasteiger partial charge in [0.25, 0.3) is 0 Å². The third-order valence-electron chi connectivity index (χ3n) is 10.1. The van der Waals surface area contributed by atoms with E-state index >= 15 is 0 Å². The van der Waals surface area contributed by atoms with E-state index in [1.807, 2.05) is 66.7 Å². The first-order valence-corrected chi connectivity index (χ1v) is 17.4. The van der Waals surface area contributed by atoms with Crippen LogP contribution in [-0.4, -0.2) is 15.0 Å². The summed E-state index contributed by atoms with van der Waals surface area (Å²) in [6.07, 6.45) is 0. The summed E-state index contributed by atoms with van der Waals surface area (Å²) >= 11 is 0. The molecule has 0 spiro atoms. The topological polar surface area (TPSA) is 65.0 Å². The standard InChI is InChI=1S/C47H27N3O2/c1-2-13-28(14-3-1)47-48-38(27-39(49-47)35-21-12-24-42-43(35)36-19-8-10-22-40(36)51-42)31-25-26-33(30-16-5-4-15-29(30)31)44-32-17-6-7-18-34(32)46-45(50-44)37-20-9-11-23-41(37)52-46/h1-27H. The molecule has 0 N–H and O–H groups in total. The number of nitrogens with zero attached hydrogens (tertiary/aromatic N) is 3. The van der Waals surface area contributed by atoms with E-state index < -0.39 is 0 Å². The Bertz CT molecular complexity index is 3190. The molecule has 0 aliphatic carbocycles. The molecule has 0 aliphatic heterocycles. The summed E-state index contributed by atoms with van der Waals surface area (Å²) in [5.74, 6) is 0.663. The van der Waals surface area contributed by atoms with Crippen LogP contribution in [-0.2, 0) is 0 Å². The maximum atomic E-state index is 6.38. The molecule has 11 aromatic rings. The van der Waals surface area contributed by atoms with Crippen molar-refractivity contribution in [3.63, 3.8) is 0 Å². The molecular weight excluding hydrogens is 639 g/mol. The van der Waals surface area contributed by atoms with Gasteiger partial charge in [-0.3, -0.25) is 0 Å². The molecule has 0 saturated heterocycles. The molecule has 4 heterocycles. The van der Waals surface area contributed by atoms with Crippen LogP contribution in [0.5, 0.6) is 0 Å². The molecule has 0 radical (unpaired) electrons. The van der Waals surface area contributed by atoms with E-state index in [0.717, 1.165) is 105 Å². The first kappa shape index (κ1) is 28.7. The van der Waals surface area contributed by atoms with E-state index in [2.05, 4.69) is 97.1 Å². The van der Waals surface area contributed by atoms with Gasteiger partial charge in [-0.15, -0.1) is 0 Å². The number of furan rings is 2. The molecule has 4 aromatic heterocycles. The molecule has 0 unspecified atom stereocenters. The van der Waals surface area contributed by atoms with Crippen molar-refractivity contribution in [3.05, 3.63) is 164 Å². The SMILES string of the molecule is c1ccc(-c2nc(-c3ccc(-c4nc5c6ccccc6oc5c5ccccc45)c4ccccc34)cc(-c3cccc4oc5ccccc5c34)n2)cc1. The number of hydrogen-bond acceptors (Lipinski definition) is 5. The van der Waals surface area contributed by atoms with Crippen molar-refractivity contribution in [3.8, 4) is 45.2 Å². The molecule has 0 bridgehead atoms. The van der Waals surface area contributed by atoms with Crippen LogP contribution in [0.1, 0.15) is 0 Å². The largest absolute Gasteiger partial charge is 0.456 e. The highest BCUT2D eigenvalue weighted by Gasteiger charge is 2.21. The lowest BCUT2D eigenvalue weighted by atomic mass is 9.93. The zero-order valence-corrected chi connectivity index (χ0v) is 27.7. The van der Waals surface area contributed by atoms with Crippen LogP contribution in [0.4, 0.5) is 0 Å². The Morgan fingerprint density at radius 1 is 0.365 bits per heavy atom. The smallest absolute Gasteiger partial charge is 0.161 e. The lowest BCUT2D eigenvalue weighted by Gasteiger charge is -2.15. The Labute approximate surface area is 297 Å². The Hall–Kier alpha value is -7.11. The van der Waals surface area contributed by atoms with Gasteiger partial charge < -0.3 is 8.83 Å². The minimum atomic E-state index is 0.663. The van der Waals surface area contributed by atoms with Crippen molar-refractivity contribution >= 4 is 65.6 Å². The number of hydrogen-bond donors (Lipinski definition) is 0. The highest BCUT2D eigenvalue weighted by Crippen LogP contribution is 2.42. The summed E-state index contributed by atoms with van der Waals surface area (Å²) < 4.78 is 12.7. The number of aromatic nitrogens is 3. The van der Waals surface area contributed by atoms with Crippen molar-refractivity contribution in [2.24, 2.45) is 0 Å². The van der Waals surface area contributed by atoms with E-state index in [4.69, 9.17) is 23.8 Å². The fourth-order valence-electron chi connectivity index (χ4n) is 7.75. The van der Waals surface area contributed by atoms with Crippen LogP contribution in [0.15, 0.2) is 173 Å². The molecule has 0 saturated carbocycles. The third-order valence-corrected chi connectivity index (χ3v) is 10.1. The fourth-order valence-corrected chi connectivity index (χ4v) is 7.75. The van der Waals surface area contributed by atoms with Gasteiger partial charge in [0.15, 0.2) is 11.4 Å². The molecule has 0 aliphatic rings. The molecule has 242 valence electrons. The molecule has 0 atom stereocenters. The van der Waals surface area contributed by atoms with Gasteiger partial charge in [-0.2, -0.15) is 0 Å². The maximum absolute atomic E-state index is 6.38. The number of para-hydroxylation sites is 2. The maximum Gasteiger partial charge on any atom is 0.161 e. The summed E-state index contributed by atoms with van der Waals surface area (Å²) in [4.78, 5) is 15.8. The lowest BCUT2D eigenvalue weighted by molar-refractivity contribution is 0.669. The molecule has 52 heavy (non-hydrogen) atoms. The number of fused-ring (bicyclic) bond motifs is 9. The van der Waals surface area contributed by atoms with Gasteiger partial charge in [0, 0.05) is 49.2 Å². The van der Waals surface area contributed by atoms with Gasteiger partial charge in [-0.25, -0.2) is 15.0 Å². The molecular formula is C47H27N3O2. The predicted octanol–water partition coefficient (Wildman–Crippen LogP) is 12.6. The van der Waals surface area contributed by atoms with Gasteiger partial charge in [0.2, 0.25) is 0 Å². The second kappa shape index (κ2) is 11.2. The minimum Gasteiger partial charge on any atom is -0.456 e. The second-order valence-corrected chi connectivity index (χ2v) is 13.1. The van der Waals surface area contributed by atoms with E-state index in [1.165, 1.54) is 0 Å². The molecule has 11 rings (SSSR count). The van der Waals surface area contributed by atoms with Crippen LogP contribution >= 0.6 is 0 Å². The molecule has 7 aromatic carbocycles. The second-order valence-electron chi connectivity index (χ2n) is 13.1. The number of rotatable bonds is 4. The van der Waals surface area contributed by atoms with Gasteiger partial charge >= 0.3 is 0 Å². The van der Waals surface area contributed by atoms with Gasteiger partial charge in [-0.05, 0) is 41.1 Å². The monoisotopic (exact) mass is 665 g/mol. The average molecular weight is 666 g/mol. The van der Waals surface area contributed by atoms with Crippen LogP contribution < -0.4 is 0 Å². The summed E-state index contributed by atoms with van der Waals surface area (Å²) in [6.45, 7) is 0. The van der Waals surface area contributed by atoms with Crippen LogP contribution in [0, 0.1) is 0 Å². The third kappa shape index (κ3) is 4.33. The summed E-state index contributed by atoms with van der Waals surface area (Å²) in [6, 6.07) is 56.1. The normalized spacial score (nSPS) is 11.8. The van der Waals surface area contributed by atoms with Crippen molar-refractivity contribution < 1.29 is 8.83 Å². The fraction of sp³-hybridized carbons (Fsp3) is 0. The highest BCUT2D eigenvalue weighted by molar-refractivity contribution is 6.18. The first-order valence-electron chi connectivity index (χ1n) is 17.4. The van der Waals surface area contributed by atoms with Crippen molar-refractivity contribution in [1.82, 2.24) is 15.0 Å². The molecule has 0 fully saturated rings. The van der Waals surface area contributed by atoms with E-state index in [0.29, 0.717) is 5.82 Å². The van der Waals surface area contributed by atoms with Crippen LogP contribution in [0.3, 0.4) is 0 Å². The average Bonchev–Trinajstić information content (AvgIpc) is 3.79. The molecule has 5 nitrogen and oxygen atoms in total. The van der Waals surface area contributed by atoms with Gasteiger partial charge in [0.1, 0.15) is 22.3 Å². The zero-order valence-electron chi connectivity index (χ0n) is 27.7. The van der Waals surface area contributed by atoms with E-state index in [9.17, 15) is 0 Å². The minimum absolute atomic E-state index is 0.663. The number of benzene rings is 7. The molecule has 5 heteroatoms. The van der Waals surface area contributed by atoms with Crippen molar-refractivity contribution in [1.29, 1.82) is 0 Å². The lowest BCUT2D eigenvalue weighted by Crippen LogP contribution is -1.97. The number of pyridine rings is 1. The predicted molar refractivity (Wildman–Crippen MR) is 211 cm³/mol. The summed E-state index contributed by atoms with van der Waals surface area (Å²) in [7, 11) is 0. The Kier molecular flexibility index (Phi) is 6.18. The first-order chi connectivity index (χ1) is 25.8. The van der Waals surface area contributed by atoms with E-state index in [-0.39, 0.29) is 0 Å². The van der Waals surface area contributed by atoms with Crippen LogP contribution in [0.25, 0.3) is 111 Å². The van der Waals surface area contributed by atoms with E-state index in [1.54, 1.807) is 0 Å². The van der Waals surface area contributed by atoms with Gasteiger partial charge in [-0.1, -0.05) is 133 Å². The Morgan fingerprint density at radius 2 is 0.942 bits per heavy atom. The summed E-state index contributed by atoms with van der Waals surface area (Å²) in [5, 5.41) is 7.37. The Morgan fingerprint density at radius 3 is 1.73 bits per heavy atom. The van der Waals surface area contributed by atoms with Gasteiger partial charge in [0.05, 0.1) is 17.1 Å². The Balaban J connectivity index is 1.17. The molecule has 0 amide bonds. The zero-order chi connectivity index (χ0) is 34.2. The summed E-state index contributed by atoms with van der Waals surface area (Å²) in [5.41, 5.74) is 10.8. The highest BCUT2D eigenvalue weighted by atomic mass is 16.3.